The van der Waals surface area contributed by atoms with E-state index in [-0.39, 0.29) is 5.69 Å². The summed E-state index contributed by atoms with van der Waals surface area (Å²) in [6.07, 6.45) is -1.67. The van der Waals surface area contributed by atoms with Gasteiger partial charge in [-0.15, -0.1) is 0 Å². The van der Waals surface area contributed by atoms with Crippen LogP contribution in [0, 0.1) is 5.92 Å². The van der Waals surface area contributed by atoms with E-state index < -0.39 is 56.3 Å². The number of ether oxygens (including phenoxy) is 1. The Morgan fingerprint density at radius 2 is 1.81 bits per heavy atom. The van der Waals surface area contributed by atoms with Gasteiger partial charge in [-0.1, -0.05) is 62.7 Å². The maximum Gasteiger partial charge on any atom is 0.417 e. The van der Waals surface area contributed by atoms with Crippen LogP contribution < -0.4 is 4.72 Å². The van der Waals surface area contributed by atoms with E-state index >= 15 is 0 Å². The molecule has 2 N–H and O–H groups in total. The molecule has 2 unspecified atom stereocenters. The summed E-state index contributed by atoms with van der Waals surface area (Å²) in [4.78, 5) is 17.0. The van der Waals surface area contributed by atoms with Crippen molar-refractivity contribution >= 4 is 21.7 Å². The largest absolute Gasteiger partial charge is 0.459 e. The molecule has 1 aliphatic heterocycles. The van der Waals surface area contributed by atoms with Gasteiger partial charge in [-0.25, -0.2) is 4.98 Å². The number of halogens is 3. The van der Waals surface area contributed by atoms with Crippen LogP contribution >= 0.6 is 0 Å². The standard InChI is InChI=1S/C31H35F3N2O5S/c1-3-16-30(17-15-21-9-6-5-7-10-21)19-26(37)28(29(38)41-30)25(4-2)22-11-8-12-24(18-22)36-42(39,40)27-14-13-23(20-35-27)31(32,33)34/h5-14,18,20,25-26,28,36-37H,3-4,15-17,19H2,1-2H3/t25-,26?,28?,30-/m1/s1. The zero-order valence-electron chi connectivity index (χ0n) is 23.5. The summed E-state index contributed by atoms with van der Waals surface area (Å²) in [7, 11) is -4.29. The first-order valence-corrected chi connectivity index (χ1v) is 15.5. The molecule has 3 aromatic rings. The van der Waals surface area contributed by atoms with E-state index in [0.29, 0.717) is 49.9 Å². The smallest absolute Gasteiger partial charge is 0.417 e. The first-order valence-electron chi connectivity index (χ1n) is 14.0. The molecule has 0 amide bonds. The molecule has 0 spiro atoms. The van der Waals surface area contributed by atoms with Gasteiger partial charge >= 0.3 is 12.1 Å². The number of cyclic esters (lactones) is 1. The van der Waals surface area contributed by atoms with E-state index in [2.05, 4.69) is 9.71 Å². The second-order valence-corrected chi connectivity index (χ2v) is 12.4. The first kappa shape index (κ1) is 31.5. The Balaban J connectivity index is 1.52. The number of rotatable bonds is 11. The van der Waals surface area contributed by atoms with Gasteiger partial charge < -0.3 is 9.84 Å². The number of alkyl halides is 3. The zero-order valence-corrected chi connectivity index (χ0v) is 24.3. The van der Waals surface area contributed by atoms with E-state index in [4.69, 9.17) is 4.74 Å². The van der Waals surface area contributed by atoms with Crippen LogP contribution in [0.15, 0.2) is 78.0 Å². The molecule has 0 bridgehead atoms. The number of aromatic nitrogens is 1. The second-order valence-electron chi connectivity index (χ2n) is 10.8. The number of anilines is 1. The highest BCUT2D eigenvalue weighted by atomic mass is 32.2. The fourth-order valence-electron chi connectivity index (χ4n) is 5.77. The van der Waals surface area contributed by atoms with Gasteiger partial charge in [-0.2, -0.15) is 21.6 Å². The third-order valence-corrected chi connectivity index (χ3v) is 9.08. The Hall–Kier alpha value is -3.44. The minimum Gasteiger partial charge on any atom is -0.459 e. The highest BCUT2D eigenvalue weighted by Crippen LogP contribution is 2.43. The SMILES string of the molecule is CCC[C@@]1(CCc2ccccc2)CC(O)C([C@H](CC)c2cccc(NS(=O)(=O)c3ccc(C(F)(F)F)cn3)c2)C(=O)O1. The minimum absolute atomic E-state index is 0.148. The normalized spacial score (nSPS) is 21.9. The second kappa shape index (κ2) is 12.8. The van der Waals surface area contributed by atoms with Gasteiger partial charge in [0.15, 0.2) is 5.03 Å². The van der Waals surface area contributed by atoms with Crippen molar-refractivity contribution in [1.82, 2.24) is 4.98 Å². The molecule has 42 heavy (non-hydrogen) atoms. The van der Waals surface area contributed by atoms with E-state index in [0.717, 1.165) is 18.1 Å². The molecule has 1 saturated heterocycles. The molecular formula is C31H35F3N2O5S. The number of aliphatic hydroxyl groups excluding tert-OH is 1. The molecule has 1 aromatic heterocycles. The Bertz CT molecular complexity index is 1470. The number of sulfonamides is 1. The first-order chi connectivity index (χ1) is 19.9. The number of pyridine rings is 1. The molecule has 11 heteroatoms. The average molecular weight is 605 g/mol. The summed E-state index contributed by atoms with van der Waals surface area (Å²) in [5.74, 6) is -1.79. The number of carbonyl (C=O) groups excluding carboxylic acids is 1. The van der Waals surface area contributed by atoms with Crippen molar-refractivity contribution in [2.45, 2.75) is 81.2 Å². The molecule has 1 fully saturated rings. The number of hydrogen-bond donors (Lipinski definition) is 2. The van der Waals surface area contributed by atoms with Crippen molar-refractivity contribution < 1.29 is 36.2 Å². The van der Waals surface area contributed by atoms with E-state index in [1.807, 2.05) is 44.2 Å². The highest BCUT2D eigenvalue weighted by molar-refractivity contribution is 7.92. The average Bonchev–Trinajstić information content (AvgIpc) is 2.94. The van der Waals surface area contributed by atoms with Gasteiger partial charge in [0.05, 0.1) is 17.6 Å². The molecule has 0 aliphatic carbocycles. The molecule has 226 valence electrons. The Morgan fingerprint density at radius 3 is 2.40 bits per heavy atom. The summed E-state index contributed by atoms with van der Waals surface area (Å²) >= 11 is 0. The highest BCUT2D eigenvalue weighted by Gasteiger charge is 2.48. The van der Waals surface area contributed by atoms with Gasteiger partial charge in [0.1, 0.15) is 5.60 Å². The fraction of sp³-hybridized carbons (Fsp3) is 0.419. The van der Waals surface area contributed by atoms with Crippen LogP contribution in [-0.2, 0) is 32.2 Å². The summed E-state index contributed by atoms with van der Waals surface area (Å²) in [5.41, 5.74) is 0.0519. The topological polar surface area (TPSA) is 106 Å². The van der Waals surface area contributed by atoms with Crippen LogP contribution in [0.2, 0.25) is 0 Å². The van der Waals surface area contributed by atoms with Gasteiger partial charge in [-0.05, 0) is 67.0 Å². The van der Waals surface area contributed by atoms with Gasteiger partial charge in [0, 0.05) is 18.3 Å². The molecule has 4 atom stereocenters. The number of hydrogen-bond acceptors (Lipinski definition) is 6. The molecule has 0 saturated carbocycles. The molecule has 4 rings (SSSR count). The lowest BCUT2D eigenvalue weighted by Gasteiger charge is -2.44. The molecule has 2 heterocycles. The quantitative estimate of drug-likeness (QED) is 0.243. The van der Waals surface area contributed by atoms with Crippen LogP contribution in [0.5, 0.6) is 0 Å². The van der Waals surface area contributed by atoms with E-state index in [9.17, 15) is 31.5 Å². The minimum atomic E-state index is -4.64. The van der Waals surface area contributed by atoms with Gasteiger partial charge in [-0.3, -0.25) is 9.52 Å². The third kappa shape index (κ3) is 7.30. The van der Waals surface area contributed by atoms with Crippen molar-refractivity contribution in [2.75, 3.05) is 4.72 Å². The molecule has 0 radical (unpaired) electrons. The summed E-state index contributed by atoms with van der Waals surface area (Å²) in [6, 6.07) is 17.7. The predicted octanol–water partition coefficient (Wildman–Crippen LogP) is 6.49. The van der Waals surface area contributed by atoms with Crippen LogP contribution in [0.4, 0.5) is 18.9 Å². The maximum absolute atomic E-state index is 13.5. The number of nitrogens with zero attached hydrogens (tertiary/aromatic N) is 1. The number of aliphatic hydroxyl groups is 1. The van der Waals surface area contributed by atoms with Gasteiger partial charge in [0.2, 0.25) is 0 Å². The number of aryl methyl sites for hydroxylation is 1. The zero-order chi connectivity index (χ0) is 30.5. The monoisotopic (exact) mass is 604 g/mol. The number of carbonyl (C=O) groups is 1. The molecule has 2 aromatic carbocycles. The lowest BCUT2D eigenvalue weighted by Crippen LogP contribution is -2.51. The van der Waals surface area contributed by atoms with E-state index in [1.165, 1.54) is 6.07 Å². The number of esters is 1. The van der Waals surface area contributed by atoms with Crippen molar-refractivity contribution in [2.24, 2.45) is 5.92 Å². The Labute approximate surface area is 244 Å². The van der Waals surface area contributed by atoms with Crippen molar-refractivity contribution in [3.8, 4) is 0 Å². The molecule has 7 nitrogen and oxygen atoms in total. The maximum atomic E-state index is 13.5. The Morgan fingerprint density at radius 1 is 1.07 bits per heavy atom. The van der Waals surface area contributed by atoms with Gasteiger partial charge in [0.25, 0.3) is 10.0 Å². The Kier molecular flexibility index (Phi) is 9.62. The summed E-state index contributed by atoms with van der Waals surface area (Å²) in [5, 5.41) is 10.8. The van der Waals surface area contributed by atoms with Crippen molar-refractivity contribution in [1.29, 1.82) is 0 Å². The lowest BCUT2D eigenvalue weighted by atomic mass is 9.73. The number of nitrogens with one attached hydrogen (secondary N) is 1. The fourth-order valence-corrected chi connectivity index (χ4v) is 6.75. The molecule has 1 aliphatic rings. The summed E-state index contributed by atoms with van der Waals surface area (Å²) in [6.45, 7) is 3.88. The van der Waals surface area contributed by atoms with Crippen molar-refractivity contribution in [3.05, 3.63) is 89.6 Å². The number of benzene rings is 2. The van der Waals surface area contributed by atoms with Crippen LogP contribution in [0.3, 0.4) is 0 Å². The summed E-state index contributed by atoms with van der Waals surface area (Å²) < 4.78 is 72.7. The van der Waals surface area contributed by atoms with Crippen LogP contribution in [0.25, 0.3) is 0 Å². The van der Waals surface area contributed by atoms with E-state index in [1.54, 1.807) is 18.2 Å². The third-order valence-electron chi connectivity index (χ3n) is 7.78. The van der Waals surface area contributed by atoms with Crippen LogP contribution in [-0.4, -0.2) is 36.2 Å². The lowest BCUT2D eigenvalue weighted by molar-refractivity contribution is -0.191. The molecular weight excluding hydrogens is 569 g/mol. The predicted molar refractivity (Wildman–Crippen MR) is 152 cm³/mol. The van der Waals surface area contributed by atoms with Crippen LogP contribution in [0.1, 0.15) is 68.6 Å². The van der Waals surface area contributed by atoms with Crippen molar-refractivity contribution in [3.63, 3.8) is 0 Å².